The first kappa shape index (κ1) is 100. The Bertz CT molecular complexity index is 4850. The maximum Gasteiger partial charge on any atom is 0.350 e. The number of nitrogens with two attached hydrogens (primary N) is 2. The van der Waals surface area contributed by atoms with Crippen LogP contribution < -0.4 is 54.0 Å². The predicted molar refractivity (Wildman–Crippen MR) is 448 cm³/mol. The number of para-hydroxylation sites is 1. The number of carbonyl (C=O) groups excluding carboxylic acids is 12. The summed E-state index contributed by atoms with van der Waals surface area (Å²) >= 11 is 0. The van der Waals surface area contributed by atoms with Crippen LogP contribution in [0, 0.1) is 105 Å². The normalized spacial score (nSPS) is 27.0. The van der Waals surface area contributed by atoms with Gasteiger partial charge < -0.3 is 109 Å². The number of benzene rings is 5. The first-order valence-corrected chi connectivity index (χ1v) is 43.1. The van der Waals surface area contributed by atoms with Crippen molar-refractivity contribution in [1.82, 2.24) is 47.5 Å². The zero-order valence-electron chi connectivity index (χ0n) is 69.5. The van der Waals surface area contributed by atoms with Crippen molar-refractivity contribution in [3.63, 3.8) is 0 Å². The minimum Gasteiger partial charge on any atom is -0.508 e. The van der Waals surface area contributed by atoms with E-state index in [-0.39, 0.29) is 167 Å². The number of Topliss-reactive ketones (excluding diaryl/α,β-unsaturated/α-hetero) is 1. The summed E-state index contributed by atoms with van der Waals surface area (Å²) in [6.07, 6.45) is -12.1. The van der Waals surface area contributed by atoms with Gasteiger partial charge in [0.1, 0.15) is 77.6 Å². The van der Waals surface area contributed by atoms with Crippen molar-refractivity contribution in [2.24, 2.45) is 28.2 Å². The van der Waals surface area contributed by atoms with Crippen LogP contribution in [0.3, 0.4) is 0 Å². The number of aliphatic hydroxyl groups is 5. The number of H-pyrrole nitrogens is 1. The number of amides is 8. The summed E-state index contributed by atoms with van der Waals surface area (Å²) in [4.78, 5) is 179. The van der Waals surface area contributed by atoms with E-state index in [2.05, 4.69) is 47.5 Å². The molecule has 2 bridgehead atoms. The number of phenols is 1. The van der Waals surface area contributed by atoms with E-state index in [1.165, 1.54) is 78.1 Å². The molecule has 8 amide bonds. The summed E-state index contributed by atoms with van der Waals surface area (Å²) in [5, 5.41) is 94.4. The van der Waals surface area contributed by atoms with Gasteiger partial charge in [0.25, 0.3) is 0 Å². The number of carbonyl (C=O) groups is 12. The SMILES string of the molecule is CN[C@@H](c1ccccc1)[C@@H](OC(=O)CCCC(=O)N[C@H](Cc1ccccc1)C(=O)N[C@H]1CSSC[C@@H](C(=O)N[C@H](C(N)=O)[C@@H](C)O)NC(=O)[C@H](CCCCN)NC(=O)[C@@H](Cc2c[nH]c3ccccc23)NC(=O)[C@H](Cc2ccc(O)cc2)NC1=O)C(=O)O[C@H]1C[C@@]2(O)[C@@H](OC(=O)c3ccccc3)[C@@H]3[C@]4(O)CO[C@@H]4C[C@H](O)[C@@]3(C)C(=O)[C@H](O)C(=C1C)C2(C)C.[Ac].[Ac]. The molecule has 19 atom stereocenters. The minimum absolute atomic E-state index is 0. The van der Waals surface area contributed by atoms with E-state index in [1.807, 2.05) is 0 Å². The number of hydrogen-bond acceptors (Lipinski definition) is 26. The van der Waals surface area contributed by atoms with Crippen LogP contribution in [0.15, 0.2) is 157 Å². The van der Waals surface area contributed by atoms with E-state index in [1.54, 1.807) is 109 Å². The third-order valence-electron chi connectivity index (χ3n) is 24.1. The van der Waals surface area contributed by atoms with Crippen molar-refractivity contribution in [2.75, 3.05) is 31.7 Å². The summed E-state index contributed by atoms with van der Waals surface area (Å²) in [5.74, 6) is -14.0. The van der Waals surface area contributed by atoms with Gasteiger partial charge >= 0.3 is 17.9 Å². The number of ketones is 1. The van der Waals surface area contributed by atoms with Crippen LogP contribution in [-0.2, 0) is 90.9 Å². The van der Waals surface area contributed by atoms with Gasteiger partial charge in [0.2, 0.25) is 53.4 Å². The molecule has 1 aromatic heterocycles. The predicted octanol–water partition coefficient (Wildman–Crippen LogP) is 1.80. The van der Waals surface area contributed by atoms with Gasteiger partial charge in [-0.25, -0.2) is 9.59 Å². The molecule has 33 nitrogen and oxygen atoms in total. The molecule has 3 heterocycles. The van der Waals surface area contributed by atoms with Crippen molar-refractivity contribution in [3.8, 4) is 5.75 Å². The number of aromatic nitrogens is 1. The average molecular weight is 2180 g/mol. The molecule has 2 saturated heterocycles. The second kappa shape index (κ2) is 44.3. The van der Waals surface area contributed by atoms with Gasteiger partial charge in [-0.2, -0.15) is 0 Å². The number of unbranched alkanes of at least 4 members (excludes halogenated alkanes) is 1. The maximum atomic E-state index is 15.3. The van der Waals surface area contributed by atoms with Gasteiger partial charge in [0.05, 0.1) is 41.9 Å². The van der Waals surface area contributed by atoms with E-state index in [0.717, 1.165) is 21.6 Å². The molecule has 2 aliphatic heterocycles. The smallest absolute Gasteiger partial charge is 0.350 e. The molecular formula is C87H107Ac2N11O22S2. The molecule has 4 fully saturated rings. The van der Waals surface area contributed by atoms with Crippen LogP contribution in [0.2, 0.25) is 0 Å². The number of rotatable bonds is 29. The van der Waals surface area contributed by atoms with Crippen molar-refractivity contribution >= 4 is 103 Å². The number of phenolic OH excluding ortho intramolecular Hbond substituents is 1. The number of likely N-dealkylation sites (N-methyl/N-ethyl adjacent to an activating group) is 1. The molecule has 37 heteroatoms. The number of esters is 3. The second-order valence-electron chi connectivity index (χ2n) is 32.5. The van der Waals surface area contributed by atoms with Crippen LogP contribution in [0.5, 0.6) is 5.75 Å². The number of primary amides is 1. The standard InChI is InChI=1S/C87H107N11O22S2.2Ac/c1-46-62(41-87(116)74(120-82(113)51-25-14-9-15-26-51)72-85(5,63(101)40-64-86(72,115)45-117-64)73(105)70(104)67(46)84(87,3)4)118-83(114)71(69(90-6)50-23-12-8-13-24-50)119-66(103)31-20-30-65(102)92-57(37-48-21-10-7-11-22-48)77(108)97-60-43-121-122-44-61(81(112)98-68(47(2)99)75(89)106)96-76(107)56(29-18-19-36-88)93-79(110)59(39-52-42-91-55-28-17-16-27-54(52)55)95-78(109)58(94-80(60)111)38-49-32-34-53(100)35-33-49;;/h7-17,21-28,32-35,42,47,56-64,68-72,74,90-91,99-101,104,115-116H,18-20,29-31,36-41,43-45,88H2,1-6H3,(H2,89,106)(H,92,102)(H,93,110)(H,94,111)(H,95,109)(H,96,107)(H,97,108)(H,98,112);;/t47-,56+,57-,58+,59-,60+,61+,62+,63+,64-,68+,69+,70-,71-,72+,74+,85-,86+,87-;;/m1../s1. The minimum atomic E-state index is -2.47. The van der Waals surface area contributed by atoms with E-state index in [9.17, 15) is 64.2 Å². The molecule has 19 N–H and O–H groups in total. The van der Waals surface area contributed by atoms with E-state index in [0.29, 0.717) is 46.0 Å². The number of aliphatic hydroxyl groups excluding tert-OH is 3. The summed E-state index contributed by atoms with van der Waals surface area (Å²) in [5.41, 5.74) is 5.75. The van der Waals surface area contributed by atoms with Crippen molar-refractivity contribution in [1.29, 1.82) is 0 Å². The number of ether oxygens (including phenoxy) is 4. The van der Waals surface area contributed by atoms with E-state index in [4.69, 9.17) is 30.4 Å². The molecule has 2 saturated carbocycles. The van der Waals surface area contributed by atoms with Gasteiger partial charge in [-0.05, 0) is 124 Å². The number of aromatic amines is 1. The Morgan fingerprint density at radius 1 is 0.710 bits per heavy atom. The molecule has 124 heavy (non-hydrogen) atoms. The molecule has 5 aromatic carbocycles. The van der Waals surface area contributed by atoms with Gasteiger partial charge in [0, 0.05) is 173 Å². The number of nitrogens with one attached hydrogen (secondary N) is 9. The van der Waals surface area contributed by atoms with Crippen LogP contribution in [0.4, 0.5) is 0 Å². The maximum absolute atomic E-state index is 15.3. The average Bonchev–Trinajstić information content (AvgIpc) is 0.690. The first-order chi connectivity index (χ1) is 58.1. The van der Waals surface area contributed by atoms with Crippen LogP contribution in [0.25, 0.3) is 10.9 Å². The number of hydrogen-bond donors (Lipinski definition) is 17. The summed E-state index contributed by atoms with van der Waals surface area (Å²) in [7, 11) is 3.34. The fourth-order valence-electron chi connectivity index (χ4n) is 17.1. The summed E-state index contributed by atoms with van der Waals surface area (Å²) < 4.78 is 24.6. The molecule has 11 rings (SSSR count). The quantitative estimate of drug-likeness (QED) is 0.0105. The van der Waals surface area contributed by atoms with Gasteiger partial charge in [-0.3, -0.25) is 47.9 Å². The summed E-state index contributed by atoms with van der Waals surface area (Å²) in [6, 6.07) is 25.6. The third kappa shape index (κ3) is 23.0. The molecular weight excluding hydrogens is 2070 g/mol. The third-order valence-corrected chi connectivity index (χ3v) is 26.5. The van der Waals surface area contributed by atoms with Gasteiger partial charge in [-0.1, -0.05) is 145 Å². The Balaban J connectivity index is 0.00000871. The first-order valence-electron chi connectivity index (χ1n) is 40.6. The molecule has 0 spiro atoms. The van der Waals surface area contributed by atoms with Crippen molar-refractivity contribution < 1.29 is 195 Å². The van der Waals surface area contributed by atoms with Crippen LogP contribution >= 0.6 is 21.6 Å². The van der Waals surface area contributed by atoms with Crippen molar-refractivity contribution in [2.45, 2.75) is 208 Å². The van der Waals surface area contributed by atoms with Crippen molar-refractivity contribution in [3.05, 3.63) is 185 Å². The monoisotopic (exact) mass is 2180 g/mol. The molecule has 3 aliphatic carbocycles. The van der Waals surface area contributed by atoms with E-state index < -0.39 is 216 Å². The zero-order valence-corrected chi connectivity index (χ0v) is 80.7. The Hall–Kier alpha value is -7.72. The molecule has 0 unspecified atom stereocenters. The van der Waals surface area contributed by atoms with Crippen LogP contribution in [-0.4, -0.2) is 234 Å². The molecule has 660 valence electrons. The van der Waals surface area contributed by atoms with Gasteiger partial charge in [-0.15, -0.1) is 0 Å². The largest absolute Gasteiger partial charge is 0.508 e. The fourth-order valence-corrected chi connectivity index (χ4v) is 19.4. The van der Waals surface area contributed by atoms with E-state index >= 15 is 24.0 Å². The van der Waals surface area contributed by atoms with Crippen LogP contribution in [0.1, 0.15) is 125 Å². The summed E-state index contributed by atoms with van der Waals surface area (Å²) in [6.45, 7) is 6.87. The molecule has 6 aromatic rings. The fraction of sp³-hybridized carbons (Fsp3) is 0.471. The Morgan fingerprint density at radius 3 is 1.96 bits per heavy atom. The topological polar surface area (TPSA) is 527 Å². The molecule has 2 radical (unpaired) electrons. The number of fused-ring (bicyclic) bond motifs is 6. The molecule has 5 aliphatic rings. The second-order valence-corrected chi connectivity index (χ2v) is 35.1. The Morgan fingerprint density at radius 2 is 1.32 bits per heavy atom. The number of aromatic hydroxyl groups is 1. The Labute approximate surface area is 796 Å². The Kier molecular flexibility index (Phi) is 35.8. The van der Waals surface area contributed by atoms with Gasteiger partial charge in [0.15, 0.2) is 5.78 Å². The zero-order chi connectivity index (χ0) is 88.1.